The molecule has 1 saturated carbocycles. The highest BCUT2D eigenvalue weighted by Crippen LogP contribution is 2.46. The van der Waals surface area contributed by atoms with Crippen molar-refractivity contribution in [1.29, 1.82) is 0 Å². The fourth-order valence-electron chi connectivity index (χ4n) is 4.34. The number of aryl methyl sites for hydroxylation is 2. The summed E-state index contributed by atoms with van der Waals surface area (Å²) in [7, 11) is 0. The van der Waals surface area contributed by atoms with Crippen molar-refractivity contribution in [2.75, 3.05) is 18.0 Å². The van der Waals surface area contributed by atoms with Gasteiger partial charge in [-0.25, -0.2) is 0 Å². The van der Waals surface area contributed by atoms with Gasteiger partial charge in [0.05, 0.1) is 11.6 Å². The molecule has 138 valence electrons. The van der Waals surface area contributed by atoms with Gasteiger partial charge in [0.15, 0.2) is 0 Å². The van der Waals surface area contributed by atoms with Gasteiger partial charge in [0.2, 0.25) is 0 Å². The Balaban J connectivity index is 1.75. The number of carboxylic acid groups (broad SMARTS) is 1. The number of fused-ring (bicyclic) bond motifs is 1. The number of pyridine rings is 1. The summed E-state index contributed by atoms with van der Waals surface area (Å²) in [6, 6.07) is 6.14. The van der Waals surface area contributed by atoms with Crippen molar-refractivity contribution in [3.05, 3.63) is 35.5 Å². The van der Waals surface area contributed by atoms with Gasteiger partial charge in [0.25, 0.3) is 0 Å². The van der Waals surface area contributed by atoms with Gasteiger partial charge in [-0.3, -0.25) is 9.78 Å². The number of aliphatic carboxylic acids is 1. The molecular weight excluding hydrogens is 328 g/mol. The van der Waals surface area contributed by atoms with Crippen LogP contribution in [0.3, 0.4) is 0 Å². The van der Waals surface area contributed by atoms with E-state index in [0.29, 0.717) is 31.8 Å². The van der Waals surface area contributed by atoms with E-state index >= 15 is 0 Å². The van der Waals surface area contributed by atoms with Crippen molar-refractivity contribution in [2.24, 2.45) is 11.3 Å². The molecule has 5 nitrogen and oxygen atoms in total. The lowest BCUT2D eigenvalue weighted by Crippen LogP contribution is -2.56. The highest BCUT2D eigenvalue weighted by atomic mass is 16.4. The second-order valence-corrected chi connectivity index (χ2v) is 8.07. The molecule has 0 radical (unpaired) electrons. The summed E-state index contributed by atoms with van der Waals surface area (Å²) >= 11 is 0. The van der Waals surface area contributed by atoms with E-state index in [2.05, 4.69) is 35.9 Å². The number of hydrogen-bond donors (Lipinski definition) is 2. The summed E-state index contributed by atoms with van der Waals surface area (Å²) in [5, 5.41) is 21.7. The van der Waals surface area contributed by atoms with Crippen LogP contribution in [-0.2, 0) is 4.79 Å². The van der Waals surface area contributed by atoms with E-state index in [1.54, 1.807) is 6.20 Å². The lowest BCUT2D eigenvalue weighted by atomic mass is 9.73. The zero-order valence-electron chi connectivity index (χ0n) is 15.4. The van der Waals surface area contributed by atoms with E-state index in [0.717, 1.165) is 35.0 Å². The minimum absolute atomic E-state index is 0.353. The second kappa shape index (κ2) is 6.23. The monoisotopic (exact) mass is 354 g/mol. The van der Waals surface area contributed by atoms with Crippen LogP contribution in [0.25, 0.3) is 10.9 Å². The minimum atomic E-state index is -1.07. The predicted octanol–water partition coefficient (Wildman–Crippen LogP) is 3.29. The molecule has 2 atom stereocenters. The standard InChI is InChI=1S/C21H26N2O3/c1-13-3-6-16-17(7-9-22-19(16)14(13)2)23-10-8-18(24)21(12-23,20(25)26)11-15-4-5-15/h3,6-7,9,15,18,24H,4-5,8,10-12H2,1-2H3,(H,25,26)/t18-,21-/m0/s1. The Bertz CT molecular complexity index is 862. The number of hydrogen-bond acceptors (Lipinski definition) is 4. The molecule has 1 aliphatic carbocycles. The number of carbonyl (C=O) groups is 1. The molecule has 2 heterocycles. The average molecular weight is 354 g/mol. The number of aliphatic hydroxyl groups excluding tert-OH is 1. The molecule has 0 unspecified atom stereocenters. The first-order valence-electron chi connectivity index (χ1n) is 9.44. The van der Waals surface area contributed by atoms with Crippen molar-refractivity contribution in [3.63, 3.8) is 0 Å². The Morgan fingerprint density at radius 3 is 2.73 bits per heavy atom. The number of benzene rings is 1. The molecule has 1 saturated heterocycles. The van der Waals surface area contributed by atoms with Gasteiger partial charge < -0.3 is 15.1 Å². The summed E-state index contributed by atoms with van der Waals surface area (Å²) in [4.78, 5) is 18.9. The van der Waals surface area contributed by atoms with E-state index in [1.165, 1.54) is 5.56 Å². The van der Waals surface area contributed by atoms with Gasteiger partial charge in [0.1, 0.15) is 5.41 Å². The normalized spacial score (nSPS) is 26.3. The van der Waals surface area contributed by atoms with Crippen LogP contribution in [0, 0.1) is 25.2 Å². The second-order valence-electron chi connectivity index (χ2n) is 8.07. The Morgan fingerprint density at radius 1 is 1.27 bits per heavy atom. The van der Waals surface area contributed by atoms with Crippen LogP contribution < -0.4 is 4.90 Å². The van der Waals surface area contributed by atoms with E-state index in [-0.39, 0.29) is 0 Å². The van der Waals surface area contributed by atoms with Crippen LogP contribution >= 0.6 is 0 Å². The topological polar surface area (TPSA) is 73.7 Å². The molecule has 1 aromatic heterocycles. The number of piperidine rings is 1. The van der Waals surface area contributed by atoms with E-state index < -0.39 is 17.5 Å². The smallest absolute Gasteiger partial charge is 0.314 e. The first kappa shape index (κ1) is 17.3. The highest BCUT2D eigenvalue weighted by molar-refractivity contribution is 5.94. The van der Waals surface area contributed by atoms with E-state index in [4.69, 9.17) is 0 Å². The number of carboxylic acids is 1. The number of aliphatic hydroxyl groups is 1. The Hall–Kier alpha value is -2.14. The van der Waals surface area contributed by atoms with Gasteiger partial charge in [-0.2, -0.15) is 0 Å². The van der Waals surface area contributed by atoms with Gasteiger partial charge in [0, 0.05) is 30.4 Å². The lowest BCUT2D eigenvalue weighted by molar-refractivity contribution is -0.158. The molecule has 0 bridgehead atoms. The number of rotatable bonds is 4. The highest BCUT2D eigenvalue weighted by Gasteiger charge is 2.51. The largest absolute Gasteiger partial charge is 0.481 e. The number of nitrogens with zero attached hydrogens (tertiary/aromatic N) is 2. The van der Waals surface area contributed by atoms with Crippen molar-refractivity contribution in [2.45, 2.75) is 45.6 Å². The third kappa shape index (κ3) is 2.75. The summed E-state index contributed by atoms with van der Waals surface area (Å²) in [6.07, 6.45) is 4.23. The van der Waals surface area contributed by atoms with E-state index in [1.807, 2.05) is 6.07 Å². The third-order valence-corrected chi connectivity index (χ3v) is 6.31. The zero-order valence-corrected chi connectivity index (χ0v) is 15.4. The average Bonchev–Trinajstić information content (AvgIpc) is 3.43. The molecular formula is C21H26N2O3. The zero-order chi connectivity index (χ0) is 18.5. The molecule has 2 aliphatic rings. The van der Waals surface area contributed by atoms with Crippen molar-refractivity contribution in [3.8, 4) is 0 Å². The first-order chi connectivity index (χ1) is 12.4. The molecule has 5 heteroatoms. The molecule has 0 amide bonds. The Kier molecular flexibility index (Phi) is 4.14. The van der Waals surface area contributed by atoms with Crippen molar-refractivity contribution < 1.29 is 15.0 Å². The van der Waals surface area contributed by atoms with Crippen LogP contribution in [0.4, 0.5) is 5.69 Å². The Morgan fingerprint density at radius 2 is 2.04 bits per heavy atom. The fourth-order valence-corrected chi connectivity index (χ4v) is 4.34. The summed E-state index contributed by atoms with van der Waals surface area (Å²) in [6.45, 7) is 5.16. The predicted molar refractivity (Wildman–Crippen MR) is 101 cm³/mol. The van der Waals surface area contributed by atoms with Crippen LogP contribution in [0.15, 0.2) is 24.4 Å². The van der Waals surface area contributed by atoms with Gasteiger partial charge >= 0.3 is 5.97 Å². The van der Waals surface area contributed by atoms with Crippen molar-refractivity contribution in [1.82, 2.24) is 4.98 Å². The molecule has 1 aromatic carbocycles. The van der Waals surface area contributed by atoms with Gasteiger partial charge in [-0.1, -0.05) is 25.0 Å². The van der Waals surface area contributed by atoms with Crippen LogP contribution in [-0.4, -0.2) is 40.4 Å². The molecule has 1 aliphatic heterocycles. The van der Waals surface area contributed by atoms with Gasteiger partial charge in [-0.05, 0) is 49.8 Å². The quantitative estimate of drug-likeness (QED) is 0.881. The van der Waals surface area contributed by atoms with Crippen molar-refractivity contribution >= 4 is 22.6 Å². The van der Waals surface area contributed by atoms with E-state index in [9.17, 15) is 15.0 Å². The van der Waals surface area contributed by atoms with Crippen LogP contribution in [0.5, 0.6) is 0 Å². The Labute approximate surface area is 153 Å². The van der Waals surface area contributed by atoms with Crippen LogP contribution in [0.1, 0.15) is 36.8 Å². The molecule has 2 fully saturated rings. The number of anilines is 1. The fraction of sp³-hybridized carbons (Fsp3) is 0.524. The molecule has 26 heavy (non-hydrogen) atoms. The SMILES string of the molecule is Cc1ccc2c(N3CC[C@H](O)[C@@](CC4CC4)(C(=O)O)C3)ccnc2c1C. The molecule has 0 spiro atoms. The molecule has 2 N–H and O–H groups in total. The lowest BCUT2D eigenvalue weighted by Gasteiger charge is -2.44. The number of aromatic nitrogens is 1. The molecule has 2 aromatic rings. The summed E-state index contributed by atoms with van der Waals surface area (Å²) in [5.74, 6) is -0.424. The maximum atomic E-state index is 12.2. The third-order valence-electron chi connectivity index (χ3n) is 6.31. The summed E-state index contributed by atoms with van der Waals surface area (Å²) in [5.41, 5.74) is 3.27. The first-order valence-corrected chi connectivity index (χ1v) is 9.44. The van der Waals surface area contributed by atoms with Crippen LogP contribution in [0.2, 0.25) is 0 Å². The molecule has 4 rings (SSSR count). The summed E-state index contributed by atoms with van der Waals surface area (Å²) < 4.78 is 0. The maximum absolute atomic E-state index is 12.2. The van der Waals surface area contributed by atoms with Gasteiger partial charge in [-0.15, -0.1) is 0 Å². The minimum Gasteiger partial charge on any atom is -0.481 e. The maximum Gasteiger partial charge on any atom is 0.314 e.